The number of aliphatic carboxylic acids is 1. The molecule has 0 aliphatic rings. The van der Waals surface area contributed by atoms with Gasteiger partial charge in [-0.25, -0.2) is 0 Å². The number of carbonyl (C=O) groups is 2. The molecule has 0 unspecified atom stereocenters. The smallest absolute Gasteiger partial charge is 0.305 e. The number of carboxylic acid groups (broad SMARTS) is 1. The average Bonchev–Trinajstić information content (AvgIpc) is 2.27. The zero-order chi connectivity index (χ0) is 13.7. The number of carboxylic acids is 1. The minimum atomic E-state index is -0.897. The number of hydrogen-bond donors (Lipinski definition) is 1. The second-order valence-electron chi connectivity index (χ2n) is 4.05. The van der Waals surface area contributed by atoms with E-state index in [0.717, 1.165) is 10.0 Å². The number of carbonyl (C=O) groups excluding carboxylic acids is 1. The molecule has 1 aromatic carbocycles. The van der Waals surface area contributed by atoms with Gasteiger partial charge in [-0.05, 0) is 37.6 Å². The molecule has 0 spiro atoms. The molecule has 0 saturated carbocycles. The van der Waals surface area contributed by atoms with Crippen LogP contribution in [0.5, 0.6) is 0 Å². The summed E-state index contributed by atoms with van der Waals surface area (Å²) in [4.78, 5) is 24.3. The molecule has 1 N–H and O–H groups in total. The minimum absolute atomic E-state index is 0.0352. The van der Waals surface area contributed by atoms with Crippen LogP contribution >= 0.6 is 15.9 Å². The fraction of sp³-hybridized carbons (Fsp3) is 0.385. The molecule has 0 atom stereocenters. The molecule has 18 heavy (non-hydrogen) atoms. The van der Waals surface area contributed by atoms with Crippen molar-refractivity contribution >= 4 is 27.8 Å². The molecule has 4 nitrogen and oxygen atoms in total. The first-order valence-electron chi connectivity index (χ1n) is 5.72. The van der Waals surface area contributed by atoms with Crippen LogP contribution < -0.4 is 0 Å². The Kier molecular flexibility index (Phi) is 5.34. The van der Waals surface area contributed by atoms with Gasteiger partial charge in [0.2, 0.25) is 0 Å². The molecule has 0 saturated heterocycles. The number of hydrogen-bond acceptors (Lipinski definition) is 2. The van der Waals surface area contributed by atoms with E-state index in [-0.39, 0.29) is 18.9 Å². The first kappa shape index (κ1) is 14.7. The number of amides is 1. The lowest BCUT2D eigenvalue weighted by Gasteiger charge is -2.20. The Morgan fingerprint density at radius 3 is 2.50 bits per heavy atom. The molecule has 0 radical (unpaired) electrons. The van der Waals surface area contributed by atoms with Crippen LogP contribution in [-0.2, 0) is 4.79 Å². The Morgan fingerprint density at radius 1 is 1.33 bits per heavy atom. The topological polar surface area (TPSA) is 57.6 Å². The molecule has 0 bridgehead atoms. The van der Waals surface area contributed by atoms with Gasteiger partial charge in [-0.15, -0.1) is 0 Å². The van der Waals surface area contributed by atoms with Gasteiger partial charge < -0.3 is 10.0 Å². The third-order valence-corrected chi connectivity index (χ3v) is 3.01. The molecule has 98 valence electrons. The maximum Gasteiger partial charge on any atom is 0.305 e. The van der Waals surface area contributed by atoms with E-state index in [2.05, 4.69) is 15.9 Å². The standard InChI is InChI=1S/C13H16BrNO3/c1-3-15(5-4-12(16)17)13(18)10-6-9(2)7-11(14)8-10/h6-8H,3-5H2,1-2H3,(H,16,17). The minimum Gasteiger partial charge on any atom is -0.481 e. The van der Waals surface area contributed by atoms with Crippen molar-refractivity contribution in [3.8, 4) is 0 Å². The number of halogens is 1. The molecule has 1 rings (SSSR count). The van der Waals surface area contributed by atoms with E-state index >= 15 is 0 Å². The van der Waals surface area contributed by atoms with E-state index in [4.69, 9.17) is 5.11 Å². The predicted molar refractivity (Wildman–Crippen MR) is 72.7 cm³/mol. The highest BCUT2D eigenvalue weighted by Gasteiger charge is 2.15. The summed E-state index contributed by atoms with van der Waals surface area (Å²) in [5.41, 5.74) is 1.57. The van der Waals surface area contributed by atoms with Crippen LogP contribution in [0.15, 0.2) is 22.7 Å². The maximum atomic E-state index is 12.2. The number of rotatable bonds is 5. The highest BCUT2D eigenvalue weighted by atomic mass is 79.9. The number of benzene rings is 1. The molecule has 0 aromatic heterocycles. The lowest BCUT2D eigenvalue weighted by Crippen LogP contribution is -2.32. The highest BCUT2D eigenvalue weighted by Crippen LogP contribution is 2.17. The second kappa shape index (κ2) is 6.54. The zero-order valence-corrected chi connectivity index (χ0v) is 12.0. The summed E-state index contributed by atoms with van der Waals surface area (Å²) < 4.78 is 0.847. The fourth-order valence-corrected chi connectivity index (χ4v) is 2.28. The van der Waals surface area contributed by atoms with Crippen LogP contribution in [-0.4, -0.2) is 35.0 Å². The van der Waals surface area contributed by atoms with Crippen LogP contribution in [0.25, 0.3) is 0 Å². The van der Waals surface area contributed by atoms with Crippen molar-refractivity contribution < 1.29 is 14.7 Å². The van der Waals surface area contributed by atoms with Gasteiger partial charge in [-0.2, -0.15) is 0 Å². The summed E-state index contributed by atoms with van der Waals surface area (Å²) in [5, 5.41) is 8.65. The predicted octanol–water partition coefficient (Wildman–Crippen LogP) is 2.69. The van der Waals surface area contributed by atoms with Gasteiger partial charge in [0.1, 0.15) is 0 Å². The average molecular weight is 314 g/mol. The molecule has 0 aliphatic heterocycles. The SMILES string of the molecule is CCN(CCC(=O)O)C(=O)c1cc(C)cc(Br)c1. The highest BCUT2D eigenvalue weighted by molar-refractivity contribution is 9.10. The number of nitrogens with zero attached hydrogens (tertiary/aromatic N) is 1. The van der Waals surface area contributed by atoms with E-state index in [9.17, 15) is 9.59 Å². The summed E-state index contributed by atoms with van der Waals surface area (Å²) in [6.45, 7) is 4.48. The van der Waals surface area contributed by atoms with Crippen LogP contribution in [0.3, 0.4) is 0 Å². The Morgan fingerprint density at radius 2 is 2.00 bits per heavy atom. The summed E-state index contributed by atoms with van der Waals surface area (Å²) in [7, 11) is 0. The molecule has 0 heterocycles. The van der Waals surface area contributed by atoms with Gasteiger partial charge in [0.25, 0.3) is 5.91 Å². The van der Waals surface area contributed by atoms with Crippen LogP contribution in [0, 0.1) is 6.92 Å². The third kappa shape index (κ3) is 4.14. The summed E-state index contributed by atoms with van der Waals surface area (Å²) >= 11 is 3.35. The molecule has 0 fully saturated rings. The molecule has 1 amide bonds. The van der Waals surface area contributed by atoms with Crippen molar-refractivity contribution in [2.75, 3.05) is 13.1 Å². The molecular weight excluding hydrogens is 298 g/mol. The van der Waals surface area contributed by atoms with E-state index in [1.165, 1.54) is 4.90 Å². The van der Waals surface area contributed by atoms with Crippen molar-refractivity contribution in [3.05, 3.63) is 33.8 Å². The zero-order valence-electron chi connectivity index (χ0n) is 10.4. The van der Waals surface area contributed by atoms with Crippen molar-refractivity contribution in [1.82, 2.24) is 4.90 Å². The third-order valence-electron chi connectivity index (χ3n) is 2.55. The van der Waals surface area contributed by atoms with Gasteiger partial charge in [0.05, 0.1) is 6.42 Å². The van der Waals surface area contributed by atoms with Crippen molar-refractivity contribution in [2.45, 2.75) is 20.3 Å². The van der Waals surface area contributed by atoms with Crippen LogP contribution in [0.2, 0.25) is 0 Å². The fourth-order valence-electron chi connectivity index (χ4n) is 1.68. The van der Waals surface area contributed by atoms with Gasteiger partial charge in [-0.3, -0.25) is 9.59 Å². The lowest BCUT2D eigenvalue weighted by atomic mass is 10.1. The Bertz CT molecular complexity index is 439. The monoisotopic (exact) mass is 313 g/mol. The molecule has 5 heteroatoms. The van der Waals surface area contributed by atoms with E-state index in [1.54, 1.807) is 12.1 Å². The Labute approximate surface area is 115 Å². The van der Waals surface area contributed by atoms with Crippen LogP contribution in [0.4, 0.5) is 0 Å². The molecular formula is C13H16BrNO3. The van der Waals surface area contributed by atoms with Gasteiger partial charge in [0, 0.05) is 23.1 Å². The van der Waals surface area contributed by atoms with Crippen molar-refractivity contribution in [3.63, 3.8) is 0 Å². The number of aryl methyl sites for hydroxylation is 1. The lowest BCUT2D eigenvalue weighted by molar-refractivity contribution is -0.137. The normalized spacial score (nSPS) is 10.2. The quantitative estimate of drug-likeness (QED) is 0.909. The van der Waals surface area contributed by atoms with E-state index in [0.29, 0.717) is 12.1 Å². The van der Waals surface area contributed by atoms with Crippen LogP contribution in [0.1, 0.15) is 29.3 Å². The largest absolute Gasteiger partial charge is 0.481 e. The Hall–Kier alpha value is -1.36. The van der Waals surface area contributed by atoms with Gasteiger partial charge in [-0.1, -0.05) is 15.9 Å². The first-order valence-corrected chi connectivity index (χ1v) is 6.51. The molecule has 0 aliphatic carbocycles. The van der Waals surface area contributed by atoms with Gasteiger partial charge in [0.15, 0.2) is 0 Å². The van der Waals surface area contributed by atoms with E-state index < -0.39 is 5.97 Å². The van der Waals surface area contributed by atoms with E-state index in [1.807, 2.05) is 19.9 Å². The van der Waals surface area contributed by atoms with Gasteiger partial charge >= 0.3 is 5.97 Å². The second-order valence-corrected chi connectivity index (χ2v) is 4.96. The molecule has 1 aromatic rings. The summed E-state index contributed by atoms with van der Waals surface area (Å²) in [5.74, 6) is -1.03. The van der Waals surface area contributed by atoms with Crippen molar-refractivity contribution in [2.24, 2.45) is 0 Å². The summed E-state index contributed by atoms with van der Waals surface area (Å²) in [6.07, 6.45) is -0.0352. The van der Waals surface area contributed by atoms with Crippen molar-refractivity contribution in [1.29, 1.82) is 0 Å². The first-order chi connectivity index (χ1) is 8.43. The summed E-state index contributed by atoms with van der Waals surface area (Å²) in [6, 6.07) is 5.47. The Balaban J connectivity index is 2.85. The maximum absolute atomic E-state index is 12.2.